The monoisotopic (exact) mass is 558 g/mol. The van der Waals surface area contributed by atoms with Gasteiger partial charge in [-0.05, 0) is 42.1 Å². The van der Waals surface area contributed by atoms with Gasteiger partial charge in [-0.2, -0.15) is 0 Å². The van der Waals surface area contributed by atoms with Crippen molar-refractivity contribution in [2.75, 3.05) is 11.9 Å². The Balaban J connectivity index is 0.000000182. The maximum absolute atomic E-state index is 12.0. The summed E-state index contributed by atoms with van der Waals surface area (Å²) < 4.78 is 0. The zero-order valence-corrected chi connectivity index (χ0v) is 20.3. The Bertz CT molecular complexity index is 1060. The predicted octanol–water partition coefficient (Wildman–Crippen LogP) is 5.16. The number of imide groups is 2. The van der Waals surface area contributed by atoms with Crippen LogP contribution >= 0.6 is 31.9 Å². The Hall–Kier alpha value is -2.84. The van der Waals surface area contributed by atoms with E-state index < -0.39 is 0 Å². The van der Waals surface area contributed by atoms with Crippen LogP contribution in [0.15, 0.2) is 71.9 Å². The minimum Gasteiger partial charge on any atom is -0.270 e. The van der Waals surface area contributed by atoms with Gasteiger partial charge in [-0.25, -0.2) is 4.90 Å². The second-order valence-corrected chi connectivity index (χ2v) is 8.30. The van der Waals surface area contributed by atoms with Crippen molar-refractivity contribution < 1.29 is 19.2 Å². The smallest absolute Gasteiger partial charge is 0.265 e. The first kappa shape index (κ1) is 23.8. The molecule has 2 heterocycles. The molecule has 0 saturated heterocycles. The molecule has 2 aromatic rings. The fourth-order valence-corrected chi connectivity index (χ4v) is 3.86. The first-order valence-corrected chi connectivity index (χ1v) is 11.9. The molecule has 0 aliphatic carbocycles. The minimum absolute atomic E-state index is 0.221. The van der Waals surface area contributed by atoms with E-state index in [1.54, 1.807) is 59.6 Å². The molecule has 2 aliphatic heterocycles. The number of benzene rings is 2. The summed E-state index contributed by atoms with van der Waals surface area (Å²) in [5.74, 6) is -0.960. The Morgan fingerprint density at radius 3 is 1.66 bits per heavy atom. The molecule has 8 heteroatoms. The van der Waals surface area contributed by atoms with E-state index in [1.807, 2.05) is 0 Å². The van der Waals surface area contributed by atoms with Gasteiger partial charge in [0.1, 0.15) is 0 Å². The molecule has 0 radical (unpaired) electrons. The molecular formula is C24H20Br2N2O4. The molecule has 0 spiro atoms. The lowest BCUT2D eigenvalue weighted by Gasteiger charge is -2.16. The highest BCUT2D eigenvalue weighted by Gasteiger charge is 2.36. The number of alkyl halides is 1. The molecule has 6 nitrogen and oxygen atoms in total. The third-order valence-electron chi connectivity index (χ3n) is 4.96. The van der Waals surface area contributed by atoms with Gasteiger partial charge in [0.25, 0.3) is 23.6 Å². The highest BCUT2D eigenvalue weighted by atomic mass is 79.9. The second-order valence-electron chi connectivity index (χ2n) is 6.98. The van der Waals surface area contributed by atoms with Gasteiger partial charge < -0.3 is 0 Å². The van der Waals surface area contributed by atoms with Crippen LogP contribution in [0.4, 0.5) is 0 Å². The number of halogens is 2. The van der Waals surface area contributed by atoms with Crippen LogP contribution in [0, 0.1) is 0 Å². The van der Waals surface area contributed by atoms with Crippen molar-refractivity contribution >= 4 is 55.5 Å². The van der Waals surface area contributed by atoms with Gasteiger partial charge in [0.15, 0.2) is 0 Å². The molecule has 0 unspecified atom stereocenters. The first-order chi connectivity index (χ1) is 15.4. The van der Waals surface area contributed by atoms with E-state index in [0.717, 1.165) is 11.8 Å². The number of nitrogens with zero attached hydrogens (tertiary/aromatic N) is 2. The van der Waals surface area contributed by atoms with Crippen LogP contribution in [0.2, 0.25) is 0 Å². The zero-order chi connectivity index (χ0) is 23.3. The van der Waals surface area contributed by atoms with E-state index >= 15 is 0 Å². The van der Waals surface area contributed by atoms with Gasteiger partial charge in [-0.3, -0.25) is 24.1 Å². The number of allylic oxidation sites excluding steroid dienone is 1. The normalized spacial score (nSPS) is 14.6. The number of carbonyl (C=O) groups is 4. The van der Waals surface area contributed by atoms with Crippen LogP contribution in [0.25, 0.3) is 0 Å². The maximum atomic E-state index is 12.0. The van der Waals surface area contributed by atoms with Crippen molar-refractivity contribution in [3.63, 3.8) is 0 Å². The number of carbonyl (C=O) groups excluding carboxylic acids is 4. The Morgan fingerprint density at radius 1 is 0.812 bits per heavy atom. The lowest BCUT2D eigenvalue weighted by Crippen LogP contribution is -2.29. The van der Waals surface area contributed by atoms with Crippen LogP contribution in [0.1, 0.15) is 54.3 Å². The molecule has 0 bridgehead atoms. The van der Waals surface area contributed by atoms with Crippen LogP contribution in [-0.2, 0) is 0 Å². The molecule has 4 rings (SSSR count). The summed E-state index contributed by atoms with van der Waals surface area (Å²) in [7, 11) is 0. The summed E-state index contributed by atoms with van der Waals surface area (Å²) in [6.07, 6.45) is 3.20. The van der Waals surface area contributed by atoms with E-state index in [4.69, 9.17) is 0 Å². The van der Waals surface area contributed by atoms with Crippen LogP contribution in [-0.4, -0.2) is 45.3 Å². The minimum atomic E-state index is -0.259. The summed E-state index contributed by atoms with van der Waals surface area (Å²) in [5, 5.41) is 0.829. The number of hydrogen-bond acceptors (Lipinski definition) is 4. The average molecular weight is 560 g/mol. The summed E-state index contributed by atoms with van der Waals surface area (Å²) in [6.45, 7) is 4.12. The Labute approximate surface area is 202 Å². The van der Waals surface area contributed by atoms with Gasteiger partial charge in [-0.15, -0.1) is 0 Å². The number of fused-ring (bicyclic) bond motifs is 2. The highest BCUT2D eigenvalue weighted by molar-refractivity contribution is 9.11. The lowest BCUT2D eigenvalue weighted by molar-refractivity contribution is 0.0665. The molecule has 0 N–H and O–H groups in total. The van der Waals surface area contributed by atoms with Crippen molar-refractivity contribution in [1.82, 2.24) is 9.80 Å². The summed E-state index contributed by atoms with van der Waals surface area (Å²) in [5.41, 5.74) is 2.49. The van der Waals surface area contributed by atoms with Gasteiger partial charge >= 0.3 is 0 Å². The number of rotatable bonds is 6. The van der Waals surface area contributed by atoms with Crippen LogP contribution in [0.3, 0.4) is 0 Å². The molecule has 2 aromatic carbocycles. The topological polar surface area (TPSA) is 74.8 Å². The molecule has 164 valence electrons. The van der Waals surface area contributed by atoms with Crippen LogP contribution < -0.4 is 0 Å². The van der Waals surface area contributed by atoms with Crippen molar-refractivity contribution in [2.45, 2.75) is 12.8 Å². The molecule has 4 amide bonds. The first-order valence-electron chi connectivity index (χ1n) is 9.84. The van der Waals surface area contributed by atoms with Crippen molar-refractivity contribution in [3.8, 4) is 0 Å². The maximum Gasteiger partial charge on any atom is 0.265 e. The van der Waals surface area contributed by atoms with E-state index in [0.29, 0.717) is 40.9 Å². The van der Waals surface area contributed by atoms with E-state index in [2.05, 4.69) is 38.4 Å². The zero-order valence-electron chi connectivity index (χ0n) is 17.1. The average Bonchev–Trinajstić information content (AvgIpc) is 3.21. The molecule has 0 atom stereocenters. The molecule has 2 aliphatic rings. The SMILES string of the molecule is C=C(CCCBr)N1C(=O)c2ccccc2C1=O.O=C1c2ccccc2C(=O)N1CC=CBr. The van der Waals surface area contributed by atoms with Gasteiger partial charge in [0.05, 0.1) is 22.3 Å². The van der Waals surface area contributed by atoms with Crippen molar-refractivity contribution in [3.05, 3.63) is 94.1 Å². The van der Waals surface area contributed by atoms with Gasteiger partial charge in [0.2, 0.25) is 0 Å². The van der Waals surface area contributed by atoms with Crippen molar-refractivity contribution in [1.29, 1.82) is 0 Å². The summed E-state index contributed by atoms with van der Waals surface area (Å²) in [4.78, 5) is 51.7. The van der Waals surface area contributed by atoms with Crippen molar-refractivity contribution in [2.24, 2.45) is 0 Å². The number of amides is 4. The Morgan fingerprint density at radius 2 is 1.25 bits per heavy atom. The fourth-order valence-electron chi connectivity index (χ4n) is 3.41. The third kappa shape index (κ3) is 4.66. The molecular weight excluding hydrogens is 540 g/mol. The Kier molecular flexibility index (Phi) is 7.93. The largest absolute Gasteiger partial charge is 0.270 e. The van der Waals surface area contributed by atoms with Gasteiger partial charge in [-0.1, -0.05) is 68.8 Å². The molecule has 0 saturated carbocycles. The third-order valence-corrected chi connectivity index (χ3v) is 5.90. The highest BCUT2D eigenvalue weighted by Crippen LogP contribution is 2.27. The fraction of sp³-hybridized carbons (Fsp3) is 0.167. The van der Waals surface area contributed by atoms with E-state index in [1.165, 1.54) is 9.80 Å². The summed E-state index contributed by atoms with van der Waals surface area (Å²) in [6, 6.07) is 13.7. The summed E-state index contributed by atoms with van der Waals surface area (Å²) >= 11 is 6.42. The second kappa shape index (κ2) is 10.7. The van der Waals surface area contributed by atoms with Gasteiger partial charge in [0, 0.05) is 17.6 Å². The molecule has 32 heavy (non-hydrogen) atoms. The molecule has 0 fully saturated rings. The standard InChI is InChI=1S/C13H12BrNO2.C11H8BrNO2/c1-9(5-4-8-14)15-12(16)10-6-2-3-7-11(10)13(15)17;12-6-3-7-13-10(14)8-4-1-2-5-9(8)11(13)15/h2-3,6-7H,1,4-5,8H2;1-6H,7H2. The quantitative estimate of drug-likeness (QED) is 0.362. The lowest BCUT2D eigenvalue weighted by atomic mass is 10.1. The molecule has 0 aromatic heterocycles. The van der Waals surface area contributed by atoms with E-state index in [-0.39, 0.29) is 23.6 Å². The predicted molar refractivity (Wildman–Crippen MR) is 129 cm³/mol. The van der Waals surface area contributed by atoms with Crippen LogP contribution in [0.5, 0.6) is 0 Å². The van der Waals surface area contributed by atoms with E-state index in [9.17, 15) is 19.2 Å². The number of hydrogen-bond donors (Lipinski definition) is 0.